The van der Waals surface area contributed by atoms with Crippen LogP contribution >= 0.6 is 27.5 Å². The fourth-order valence-electron chi connectivity index (χ4n) is 1.10. The van der Waals surface area contributed by atoms with E-state index in [0.29, 0.717) is 5.15 Å². The van der Waals surface area contributed by atoms with Crippen LogP contribution in [0.4, 0.5) is 0 Å². The van der Waals surface area contributed by atoms with Gasteiger partial charge >= 0.3 is 0 Å². The average molecular weight is 258 g/mol. The van der Waals surface area contributed by atoms with Gasteiger partial charge in [0.25, 0.3) is 0 Å². The lowest BCUT2D eigenvalue weighted by atomic mass is 10.2. The van der Waals surface area contributed by atoms with Crippen molar-refractivity contribution >= 4 is 38.6 Å². The summed E-state index contributed by atoms with van der Waals surface area (Å²) in [6.07, 6.45) is 1.75. The van der Waals surface area contributed by atoms with E-state index in [1.165, 1.54) is 0 Å². The predicted octanol–water partition coefficient (Wildman–Crippen LogP) is 3.35. The Balaban J connectivity index is 2.81. The fourth-order valence-corrected chi connectivity index (χ4v) is 1.56. The number of pyridine rings is 2. The number of hydrogen-bond donors (Lipinski definition) is 0. The molecule has 0 aromatic carbocycles. The number of aryl methyl sites for hydroxylation is 1. The average Bonchev–Trinajstić information content (AvgIpc) is 2.08. The lowest BCUT2D eigenvalue weighted by Crippen LogP contribution is -1.86. The van der Waals surface area contributed by atoms with Gasteiger partial charge in [-0.05, 0) is 40.5 Å². The molecule has 0 saturated carbocycles. The van der Waals surface area contributed by atoms with Crippen molar-refractivity contribution in [3.05, 3.63) is 33.5 Å². The topological polar surface area (TPSA) is 25.8 Å². The molecule has 4 heteroatoms. The second-order valence-corrected chi connectivity index (χ2v) is 4.06. The molecule has 0 fully saturated rings. The van der Waals surface area contributed by atoms with Crippen LogP contribution in [0.5, 0.6) is 0 Å². The summed E-state index contributed by atoms with van der Waals surface area (Å²) in [5, 5.41) is 0.535. The molecule has 0 N–H and O–H groups in total. The number of aromatic nitrogens is 2. The molecule has 2 aromatic rings. The molecule has 2 rings (SSSR count). The van der Waals surface area contributed by atoms with E-state index in [0.717, 1.165) is 21.1 Å². The van der Waals surface area contributed by atoms with Gasteiger partial charge in [-0.15, -0.1) is 0 Å². The lowest BCUT2D eigenvalue weighted by molar-refractivity contribution is 1.28. The normalized spacial score (nSPS) is 10.7. The van der Waals surface area contributed by atoms with E-state index in [9.17, 15) is 0 Å². The molecule has 0 amide bonds. The van der Waals surface area contributed by atoms with Crippen LogP contribution in [0, 0.1) is 6.92 Å². The zero-order chi connectivity index (χ0) is 9.42. The van der Waals surface area contributed by atoms with Crippen molar-refractivity contribution < 1.29 is 0 Å². The van der Waals surface area contributed by atoms with Crippen molar-refractivity contribution in [3.63, 3.8) is 0 Å². The minimum absolute atomic E-state index is 0.535. The highest BCUT2D eigenvalue weighted by atomic mass is 79.9. The first-order valence-electron chi connectivity index (χ1n) is 3.75. The smallest absolute Gasteiger partial charge is 0.132 e. The first-order valence-corrected chi connectivity index (χ1v) is 4.92. The predicted molar refractivity (Wildman–Crippen MR) is 57.0 cm³/mol. The van der Waals surface area contributed by atoms with E-state index >= 15 is 0 Å². The van der Waals surface area contributed by atoms with Gasteiger partial charge in [-0.3, -0.25) is 4.98 Å². The Morgan fingerprint density at radius 3 is 2.85 bits per heavy atom. The maximum atomic E-state index is 5.89. The molecule has 0 bridgehead atoms. The molecule has 2 nitrogen and oxygen atoms in total. The van der Waals surface area contributed by atoms with Crippen LogP contribution in [0.15, 0.2) is 22.8 Å². The molecule has 0 spiro atoms. The molecular weight excluding hydrogens is 251 g/mol. The van der Waals surface area contributed by atoms with Crippen molar-refractivity contribution in [1.82, 2.24) is 9.97 Å². The third-order valence-electron chi connectivity index (χ3n) is 1.76. The molecule has 2 heterocycles. The summed E-state index contributed by atoms with van der Waals surface area (Å²) in [6, 6.07) is 3.82. The van der Waals surface area contributed by atoms with Crippen LogP contribution in [0.2, 0.25) is 5.15 Å². The molecule has 2 aromatic heterocycles. The fraction of sp³-hybridized carbons (Fsp3) is 0.111. The van der Waals surface area contributed by atoms with Crippen LogP contribution in [0.1, 0.15) is 5.56 Å². The molecular formula is C9H6BrClN2. The molecule has 0 saturated heterocycles. The highest BCUT2D eigenvalue weighted by molar-refractivity contribution is 9.10. The van der Waals surface area contributed by atoms with Crippen LogP contribution in [0.3, 0.4) is 0 Å². The van der Waals surface area contributed by atoms with E-state index < -0.39 is 0 Å². The highest BCUT2D eigenvalue weighted by Crippen LogP contribution is 2.20. The van der Waals surface area contributed by atoms with Gasteiger partial charge < -0.3 is 0 Å². The number of rotatable bonds is 0. The Morgan fingerprint density at radius 2 is 2.08 bits per heavy atom. The van der Waals surface area contributed by atoms with Crippen LogP contribution in [0.25, 0.3) is 11.0 Å². The molecule has 13 heavy (non-hydrogen) atoms. The van der Waals surface area contributed by atoms with Gasteiger partial charge in [0, 0.05) is 10.7 Å². The minimum atomic E-state index is 0.535. The maximum absolute atomic E-state index is 5.89. The van der Waals surface area contributed by atoms with Gasteiger partial charge in [0.2, 0.25) is 0 Å². The minimum Gasteiger partial charge on any atom is -0.253 e. The summed E-state index contributed by atoms with van der Waals surface area (Å²) in [4.78, 5) is 8.42. The van der Waals surface area contributed by atoms with E-state index in [-0.39, 0.29) is 0 Å². The van der Waals surface area contributed by atoms with Crippen molar-refractivity contribution in [3.8, 4) is 0 Å². The summed E-state index contributed by atoms with van der Waals surface area (Å²) in [5.74, 6) is 0. The van der Waals surface area contributed by atoms with Crippen LogP contribution < -0.4 is 0 Å². The molecule has 0 radical (unpaired) electrons. The Bertz CT molecular complexity index is 470. The molecule has 0 aliphatic rings. The quantitative estimate of drug-likeness (QED) is 0.676. The number of nitrogens with zero attached hydrogens (tertiary/aromatic N) is 2. The van der Waals surface area contributed by atoms with Gasteiger partial charge in [-0.2, -0.15) is 0 Å². The number of hydrogen-bond acceptors (Lipinski definition) is 2. The first-order chi connectivity index (χ1) is 6.16. The van der Waals surface area contributed by atoms with Crippen molar-refractivity contribution in [2.75, 3.05) is 0 Å². The Hall–Kier alpha value is -0.670. The highest BCUT2D eigenvalue weighted by Gasteiger charge is 2.01. The largest absolute Gasteiger partial charge is 0.253 e. The second kappa shape index (κ2) is 3.24. The molecule has 0 aliphatic carbocycles. The van der Waals surface area contributed by atoms with E-state index in [1.54, 1.807) is 6.20 Å². The van der Waals surface area contributed by atoms with Crippen LogP contribution in [-0.2, 0) is 0 Å². The number of halogens is 2. The number of fused-ring (bicyclic) bond motifs is 1. The van der Waals surface area contributed by atoms with Gasteiger partial charge in [-0.25, -0.2) is 4.98 Å². The lowest BCUT2D eigenvalue weighted by Gasteiger charge is -2.00. The van der Waals surface area contributed by atoms with Gasteiger partial charge in [0.15, 0.2) is 0 Å². The van der Waals surface area contributed by atoms with Gasteiger partial charge in [0.05, 0.1) is 11.0 Å². The van der Waals surface area contributed by atoms with Crippen LogP contribution in [-0.4, -0.2) is 9.97 Å². The van der Waals surface area contributed by atoms with Gasteiger partial charge in [0.1, 0.15) is 5.15 Å². The van der Waals surface area contributed by atoms with E-state index in [1.807, 2.05) is 19.1 Å². The summed E-state index contributed by atoms with van der Waals surface area (Å²) < 4.78 is 0.910. The SMILES string of the molecule is Cc1cc2ncc(Br)cc2nc1Cl. The van der Waals surface area contributed by atoms with Crippen molar-refractivity contribution in [2.24, 2.45) is 0 Å². The zero-order valence-electron chi connectivity index (χ0n) is 6.88. The second-order valence-electron chi connectivity index (χ2n) is 2.79. The standard InChI is InChI=1S/C9H6BrClN2/c1-5-2-7-8(13-9(5)11)3-6(10)4-12-7/h2-4H,1H3. The Labute approximate surface area is 89.1 Å². The maximum Gasteiger partial charge on any atom is 0.132 e. The summed E-state index contributed by atoms with van der Waals surface area (Å²) in [5.41, 5.74) is 2.62. The summed E-state index contributed by atoms with van der Waals surface area (Å²) in [7, 11) is 0. The third-order valence-corrected chi connectivity index (χ3v) is 2.58. The summed E-state index contributed by atoms with van der Waals surface area (Å²) >= 11 is 9.22. The van der Waals surface area contributed by atoms with E-state index in [2.05, 4.69) is 25.9 Å². The summed E-state index contributed by atoms with van der Waals surface area (Å²) in [6.45, 7) is 1.92. The van der Waals surface area contributed by atoms with Crippen molar-refractivity contribution in [1.29, 1.82) is 0 Å². The molecule has 66 valence electrons. The van der Waals surface area contributed by atoms with Gasteiger partial charge in [-0.1, -0.05) is 11.6 Å². The third kappa shape index (κ3) is 1.67. The first kappa shape index (κ1) is 8.91. The molecule has 0 aliphatic heterocycles. The zero-order valence-corrected chi connectivity index (χ0v) is 9.22. The van der Waals surface area contributed by atoms with Crippen molar-refractivity contribution in [2.45, 2.75) is 6.92 Å². The Morgan fingerprint density at radius 1 is 1.31 bits per heavy atom. The Kier molecular flexibility index (Phi) is 2.22. The van der Waals surface area contributed by atoms with E-state index in [4.69, 9.17) is 11.6 Å². The molecule has 0 atom stereocenters. The monoisotopic (exact) mass is 256 g/mol. The molecule has 0 unspecified atom stereocenters.